The minimum Gasteiger partial charge on any atom is -0.389 e. The quantitative estimate of drug-likeness (QED) is 0.805. The Hall–Kier alpha value is -1.29. The monoisotopic (exact) mass is 345 g/mol. The van der Waals surface area contributed by atoms with Crippen LogP contribution in [0.2, 0.25) is 0 Å². The van der Waals surface area contributed by atoms with Crippen molar-refractivity contribution < 1.29 is 12.9 Å². The highest BCUT2D eigenvalue weighted by atomic mass is 32.2. The fourth-order valence-electron chi connectivity index (χ4n) is 2.05. The second kappa shape index (κ2) is 5.84. The summed E-state index contributed by atoms with van der Waals surface area (Å²) in [6.07, 6.45) is 0. The van der Waals surface area contributed by atoms with E-state index in [4.69, 9.17) is 22.5 Å². The number of sulfonamides is 1. The molecule has 0 aromatic carbocycles. The third-order valence-electron chi connectivity index (χ3n) is 2.94. The number of hydrogen-bond acceptors (Lipinski definition) is 6. The molecule has 0 aliphatic rings. The average molecular weight is 345 g/mol. The molecule has 3 N–H and O–H groups in total. The molecule has 2 rings (SSSR count). The minimum atomic E-state index is -3.65. The molecule has 2 heterocycles. The zero-order valence-corrected chi connectivity index (χ0v) is 14.2. The normalized spacial score (nSPS) is 13.3. The lowest BCUT2D eigenvalue weighted by molar-refractivity contribution is 0.391. The largest absolute Gasteiger partial charge is 0.389 e. The van der Waals surface area contributed by atoms with E-state index in [1.54, 1.807) is 26.8 Å². The lowest BCUT2D eigenvalue weighted by Crippen LogP contribution is -2.26. The van der Waals surface area contributed by atoms with Crippen LogP contribution in [0.25, 0.3) is 0 Å². The maximum absolute atomic E-state index is 12.4. The number of aromatic nitrogens is 1. The van der Waals surface area contributed by atoms with E-state index < -0.39 is 16.1 Å². The Morgan fingerprint density at radius 3 is 2.62 bits per heavy atom. The summed E-state index contributed by atoms with van der Waals surface area (Å²) in [6.45, 7) is 5.26. The number of nitrogens with one attached hydrogen (secondary N) is 1. The summed E-state index contributed by atoms with van der Waals surface area (Å²) in [5.74, 6) is 0.595. The van der Waals surface area contributed by atoms with Crippen LogP contribution in [-0.2, 0) is 10.0 Å². The van der Waals surface area contributed by atoms with E-state index in [1.165, 1.54) is 6.07 Å². The van der Waals surface area contributed by atoms with Gasteiger partial charge in [0.2, 0.25) is 0 Å². The summed E-state index contributed by atoms with van der Waals surface area (Å²) in [7, 11) is -3.65. The molecule has 0 amide bonds. The topological polar surface area (TPSA) is 98.2 Å². The standard InChI is InChI=1S/C12H15N3O3S3/c1-6-11(8(3)18-14-6)7(2)15-21(16,17)10-5-4-9(20-10)12(13)19/h4-5,7,15H,1-3H3,(H2,13,19). The van der Waals surface area contributed by atoms with E-state index in [0.29, 0.717) is 16.3 Å². The lowest BCUT2D eigenvalue weighted by atomic mass is 10.1. The fourth-order valence-corrected chi connectivity index (χ4v) is 4.64. The molecular weight excluding hydrogens is 330 g/mol. The Balaban J connectivity index is 2.26. The van der Waals surface area contributed by atoms with Gasteiger partial charge in [0.1, 0.15) is 15.0 Å². The highest BCUT2D eigenvalue weighted by Crippen LogP contribution is 2.26. The van der Waals surface area contributed by atoms with E-state index in [-0.39, 0.29) is 9.20 Å². The highest BCUT2D eigenvalue weighted by Gasteiger charge is 2.24. The average Bonchev–Trinajstić information content (AvgIpc) is 2.96. The molecule has 2 aromatic rings. The third-order valence-corrected chi connectivity index (χ3v) is 6.44. The summed E-state index contributed by atoms with van der Waals surface area (Å²) in [5.41, 5.74) is 6.90. The fraction of sp³-hybridized carbons (Fsp3) is 0.333. The van der Waals surface area contributed by atoms with Crippen LogP contribution in [0, 0.1) is 13.8 Å². The third kappa shape index (κ3) is 3.31. The number of nitrogens with two attached hydrogens (primary N) is 1. The molecule has 6 nitrogen and oxygen atoms in total. The van der Waals surface area contributed by atoms with E-state index in [9.17, 15) is 8.42 Å². The minimum absolute atomic E-state index is 0.170. The second-order valence-electron chi connectivity index (χ2n) is 4.56. The van der Waals surface area contributed by atoms with Gasteiger partial charge in [-0.2, -0.15) is 0 Å². The van der Waals surface area contributed by atoms with Crippen molar-refractivity contribution in [1.82, 2.24) is 9.88 Å². The molecule has 1 atom stereocenters. The van der Waals surface area contributed by atoms with Crippen molar-refractivity contribution in [3.63, 3.8) is 0 Å². The van der Waals surface area contributed by atoms with Crippen molar-refractivity contribution in [1.29, 1.82) is 0 Å². The number of thiocarbonyl (C=S) groups is 1. The predicted octanol–water partition coefficient (Wildman–Crippen LogP) is 2.03. The molecule has 2 aromatic heterocycles. The number of aryl methyl sites for hydroxylation is 2. The van der Waals surface area contributed by atoms with Crippen molar-refractivity contribution in [2.75, 3.05) is 0 Å². The van der Waals surface area contributed by atoms with E-state index in [0.717, 1.165) is 16.9 Å². The summed E-state index contributed by atoms with van der Waals surface area (Å²) < 4.78 is 32.6. The SMILES string of the molecule is Cc1noc(C)c1C(C)NS(=O)(=O)c1ccc(C(N)=S)s1. The van der Waals surface area contributed by atoms with Gasteiger partial charge in [-0.05, 0) is 32.9 Å². The first kappa shape index (κ1) is 16.1. The number of thiophene rings is 1. The molecule has 0 aliphatic carbocycles. The first-order chi connectivity index (χ1) is 9.72. The van der Waals surface area contributed by atoms with Crippen molar-refractivity contribution in [3.8, 4) is 0 Å². The van der Waals surface area contributed by atoms with Crippen LogP contribution >= 0.6 is 23.6 Å². The van der Waals surface area contributed by atoms with Gasteiger partial charge in [-0.15, -0.1) is 11.3 Å². The molecule has 21 heavy (non-hydrogen) atoms. The highest BCUT2D eigenvalue weighted by molar-refractivity contribution is 7.91. The smallest absolute Gasteiger partial charge is 0.250 e. The molecule has 0 saturated heterocycles. The van der Waals surface area contributed by atoms with Crippen LogP contribution in [-0.4, -0.2) is 18.6 Å². The molecule has 0 fully saturated rings. The molecule has 114 valence electrons. The van der Waals surface area contributed by atoms with Crippen LogP contribution in [0.15, 0.2) is 20.9 Å². The Morgan fingerprint density at radius 2 is 2.14 bits per heavy atom. The van der Waals surface area contributed by atoms with Crippen molar-refractivity contribution >= 4 is 38.6 Å². The summed E-state index contributed by atoms with van der Waals surface area (Å²) >= 11 is 5.88. The molecule has 1 unspecified atom stereocenters. The number of hydrogen-bond donors (Lipinski definition) is 2. The van der Waals surface area contributed by atoms with Gasteiger partial charge in [0.15, 0.2) is 0 Å². The number of rotatable bonds is 5. The van der Waals surface area contributed by atoms with E-state index in [1.807, 2.05) is 0 Å². The van der Waals surface area contributed by atoms with Gasteiger partial charge in [-0.1, -0.05) is 17.4 Å². The molecule has 0 aliphatic heterocycles. The molecule has 9 heteroatoms. The van der Waals surface area contributed by atoms with Crippen molar-refractivity contribution in [3.05, 3.63) is 34.0 Å². The van der Waals surface area contributed by atoms with Gasteiger partial charge < -0.3 is 10.3 Å². The first-order valence-corrected chi connectivity index (χ1v) is 8.78. The Bertz CT molecular complexity index is 757. The van der Waals surface area contributed by atoms with Gasteiger partial charge >= 0.3 is 0 Å². The van der Waals surface area contributed by atoms with Crippen LogP contribution in [0.4, 0.5) is 0 Å². The Kier molecular flexibility index (Phi) is 4.47. The number of nitrogens with zero attached hydrogens (tertiary/aromatic N) is 1. The maximum Gasteiger partial charge on any atom is 0.250 e. The van der Waals surface area contributed by atoms with Gasteiger partial charge in [0, 0.05) is 11.6 Å². The van der Waals surface area contributed by atoms with Crippen LogP contribution in [0.1, 0.15) is 34.9 Å². The van der Waals surface area contributed by atoms with Crippen molar-refractivity contribution in [2.45, 2.75) is 31.0 Å². The van der Waals surface area contributed by atoms with Crippen LogP contribution in [0.3, 0.4) is 0 Å². The van der Waals surface area contributed by atoms with Gasteiger partial charge in [-0.25, -0.2) is 13.1 Å². The van der Waals surface area contributed by atoms with Gasteiger partial charge in [-0.3, -0.25) is 0 Å². The Labute approximate surface area is 132 Å². The van der Waals surface area contributed by atoms with Crippen LogP contribution in [0.5, 0.6) is 0 Å². The molecule has 0 spiro atoms. The van der Waals surface area contributed by atoms with Gasteiger partial charge in [0.05, 0.1) is 10.6 Å². The zero-order valence-electron chi connectivity index (χ0n) is 11.7. The summed E-state index contributed by atoms with van der Waals surface area (Å²) in [4.78, 5) is 0.746. The van der Waals surface area contributed by atoms with Crippen molar-refractivity contribution in [2.24, 2.45) is 5.73 Å². The zero-order chi connectivity index (χ0) is 15.8. The van der Waals surface area contributed by atoms with Crippen LogP contribution < -0.4 is 10.5 Å². The van der Waals surface area contributed by atoms with E-state index in [2.05, 4.69) is 9.88 Å². The lowest BCUT2D eigenvalue weighted by Gasteiger charge is -2.13. The first-order valence-electron chi connectivity index (χ1n) is 6.07. The second-order valence-corrected chi connectivity index (χ2v) is 8.03. The van der Waals surface area contributed by atoms with E-state index >= 15 is 0 Å². The summed E-state index contributed by atoms with van der Waals surface area (Å²) in [5, 5.41) is 3.83. The summed E-state index contributed by atoms with van der Waals surface area (Å²) in [6, 6.07) is 2.64. The molecule has 0 saturated carbocycles. The molecular formula is C12H15N3O3S3. The predicted molar refractivity (Wildman–Crippen MR) is 84.9 cm³/mol. The molecule has 0 radical (unpaired) electrons. The maximum atomic E-state index is 12.4. The Morgan fingerprint density at radius 1 is 1.48 bits per heavy atom. The van der Waals surface area contributed by atoms with Gasteiger partial charge in [0.25, 0.3) is 10.0 Å². The molecule has 0 bridgehead atoms.